The first-order valence-electron chi connectivity index (χ1n) is 10.2. The Morgan fingerprint density at radius 3 is 2.19 bits per heavy atom. The molecule has 1 unspecified atom stereocenters. The Morgan fingerprint density at radius 1 is 1.06 bits per heavy atom. The number of hydrogen-bond donors (Lipinski definition) is 2. The summed E-state index contributed by atoms with van der Waals surface area (Å²) >= 11 is 0. The second-order valence-corrected chi connectivity index (χ2v) is 8.06. The highest BCUT2D eigenvalue weighted by molar-refractivity contribution is 6.27. The molecule has 0 aliphatic carbocycles. The molecule has 170 valence electrons. The molecule has 0 saturated heterocycles. The maximum Gasteiger partial charge on any atom is 0.414 e. The van der Waals surface area contributed by atoms with Crippen LogP contribution in [0.1, 0.15) is 35.1 Å². The van der Waals surface area contributed by atoms with E-state index in [1.165, 1.54) is 16.8 Å². The Morgan fingerprint density at radius 2 is 1.69 bits per heavy atom. The van der Waals surface area contributed by atoms with Gasteiger partial charge in [0.1, 0.15) is 5.60 Å². The minimum atomic E-state index is -1.82. The second-order valence-electron chi connectivity index (χ2n) is 8.06. The van der Waals surface area contributed by atoms with Gasteiger partial charge in [0.15, 0.2) is 0 Å². The van der Waals surface area contributed by atoms with Gasteiger partial charge in [-0.05, 0) is 74.4 Å². The molecule has 0 bridgehead atoms. The average molecular weight is 440 g/mol. The summed E-state index contributed by atoms with van der Waals surface area (Å²) in [4.78, 5) is 22.5. The van der Waals surface area contributed by atoms with Crippen molar-refractivity contribution in [2.24, 2.45) is 0 Å². The number of rotatable bonds is 6. The molecule has 0 aromatic heterocycles. The van der Waals surface area contributed by atoms with Crippen LogP contribution in [0.4, 0.5) is 5.69 Å². The molecule has 2 aromatic rings. The average Bonchev–Trinajstić information content (AvgIpc) is 3.12. The lowest BCUT2D eigenvalue weighted by Crippen LogP contribution is -2.28. The molecule has 0 spiro atoms. The van der Waals surface area contributed by atoms with Crippen LogP contribution in [0.3, 0.4) is 0 Å². The number of benzene rings is 2. The molecule has 0 radical (unpaired) electrons. The molecule has 3 rings (SSSR count). The molecule has 1 aliphatic rings. The quantitative estimate of drug-likeness (QED) is 0.661. The zero-order valence-electron chi connectivity index (χ0n) is 18.8. The van der Waals surface area contributed by atoms with E-state index in [1.807, 2.05) is 26.2 Å². The SMILES string of the molecule is CN(C)CCCC1(c2ccc(N(C)C)cc2)OCc2cc(C#N)ccc21.O=C(O)C(=O)O. The molecule has 0 amide bonds. The molecule has 0 fully saturated rings. The van der Waals surface area contributed by atoms with E-state index in [4.69, 9.17) is 24.5 Å². The van der Waals surface area contributed by atoms with Crippen molar-refractivity contribution in [3.05, 3.63) is 64.7 Å². The predicted octanol–water partition coefficient (Wildman–Crippen LogP) is 2.90. The Labute approximate surface area is 188 Å². The Bertz CT molecular complexity index is 984. The van der Waals surface area contributed by atoms with Crippen molar-refractivity contribution in [1.82, 2.24) is 4.90 Å². The Hall–Kier alpha value is -3.41. The smallest absolute Gasteiger partial charge is 0.414 e. The number of fused-ring (bicyclic) bond motifs is 1. The van der Waals surface area contributed by atoms with E-state index in [9.17, 15) is 5.26 Å². The van der Waals surface area contributed by atoms with Crippen molar-refractivity contribution >= 4 is 17.6 Å². The van der Waals surface area contributed by atoms with E-state index in [0.29, 0.717) is 12.2 Å². The molecule has 0 saturated carbocycles. The van der Waals surface area contributed by atoms with Gasteiger partial charge < -0.3 is 24.7 Å². The molecular formula is C24H29N3O5. The van der Waals surface area contributed by atoms with E-state index < -0.39 is 17.5 Å². The minimum absolute atomic E-state index is 0.426. The first kappa shape index (κ1) is 24.9. The monoisotopic (exact) mass is 439 g/mol. The number of nitrogens with zero attached hydrogens (tertiary/aromatic N) is 3. The molecule has 8 heteroatoms. The summed E-state index contributed by atoms with van der Waals surface area (Å²) in [6.07, 6.45) is 1.97. The van der Waals surface area contributed by atoms with Crippen LogP contribution in [0, 0.1) is 11.3 Å². The van der Waals surface area contributed by atoms with Crippen LogP contribution < -0.4 is 4.90 Å². The summed E-state index contributed by atoms with van der Waals surface area (Å²) in [5, 5.41) is 24.0. The summed E-state index contributed by atoms with van der Waals surface area (Å²) in [7, 11) is 8.29. The van der Waals surface area contributed by atoms with Crippen molar-refractivity contribution in [2.75, 3.05) is 39.6 Å². The van der Waals surface area contributed by atoms with Crippen LogP contribution >= 0.6 is 0 Å². The number of anilines is 1. The molecule has 32 heavy (non-hydrogen) atoms. The third kappa shape index (κ3) is 5.84. The third-order valence-electron chi connectivity index (χ3n) is 5.31. The summed E-state index contributed by atoms with van der Waals surface area (Å²) in [6.45, 7) is 1.58. The van der Waals surface area contributed by atoms with Crippen molar-refractivity contribution in [3.8, 4) is 6.07 Å². The van der Waals surface area contributed by atoms with Gasteiger partial charge in [0.2, 0.25) is 0 Å². The fourth-order valence-corrected chi connectivity index (χ4v) is 3.72. The van der Waals surface area contributed by atoms with Gasteiger partial charge in [0.25, 0.3) is 0 Å². The van der Waals surface area contributed by atoms with Crippen LogP contribution in [-0.4, -0.2) is 61.8 Å². The lowest BCUT2D eigenvalue weighted by molar-refractivity contribution is -0.159. The molecule has 2 N–H and O–H groups in total. The fraction of sp³-hybridized carbons (Fsp3) is 0.375. The van der Waals surface area contributed by atoms with E-state index >= 15 is 0 Å². The topological polar surface area (TPSA) is 114 Å². The molecule has 8 nitrogen and oxygen atoms in total. The number of hydrogen-bond acceptors (Lipinski definition) is 6. The van der Waals surface area contributed by atoms with Crippen molar-refractivity contribution in [3.63, 3.8) is 0 Å². The normalized spacial score (nSPS) is 16.5. The zero-order chi connectivity index (χ0) is 23.9. The number of ether oxygens (including phenoxy) is 1. The second kappa shape index (κ2) is 10.8. The highest BCUT2D eigenvalue weighted by Crippen LogP contribution is 2.45. The summed E-state index contributed by atoms with van der Waals surface area (Å²) in [6, 6.07) is 16.8. The molecule has 1 heterocycles. The summed E-state index contributed by atoms with van der Waals surface area (Å²) in [5.41, 5.74) is 4.96. The summed E-state index contributed by atoms with van der Waals surface area (Å²) < 4.78 is 6.44. The van der Waals surface area contributed by atoms with Crippen molar-refractivity contribution in [1.29, 1.82) is 5.26 Å². The first-order chi connectivity index (χ1) is 15.1. The maximum absolute atomic E-state index is 9.20. The van der Waals surface area contributed by atoms with Gasteiger partial charge in [0, 0.05) is 19.8 Å². The Kier molecular flexibility index (Phi) is 8.35. The number of nitriles is 1. The summed E-state index contributed by atoms with van der Waals surface area (Å²) in [5.74, 6) is -3.65. The zero-order valence-corrected chi connectivity index (χ0v) is 18.8. The molecule has 1 atom stereocenters. The highest BCUT2D eigenvalue weighted by Gasteiger charge is 2.41. The largest absolute Gasteiger partial charge is 0.473 e. The first-order valence-corrected chi connectivity index (χ1v) is 10.2. The number of carboxylic acid groups (broad SMARTS) is 2. The van der Waals surface area contributed by atoms with Gasteiger partial charge >= 0.3 is 11.9 Å². The third-order valence-corrected chi connectivity index (χ3v) is 5.31. The number of aliphatic carboxylic acids is 2. The molecule has 2 aromatic carbocycles. The number of carboxylic acids is 2. The van der Waals surface area contributed by atoms with Crippen LogP contribution in [0.5, 0.6) is 0 Å². The highest BCUT2D eigenvalue weighted by atomic mass is 16.5. The van der Waals surface area contributed by atoms with Gasteiger partial charge in [-0.1, -0.05) is 18.2 Å². The van der Waals surface area contributed by atoms with Gasteiger partial charge in [0.05, 0.1) is 18.2 Å². The minimum Gasteiger partial charge on any atom is -0.473 e. The Balaban J connectivity index is 0.000000534. The van der Waals surface area contributed by atoms with E-state index in [-0.39, 0.29) is 0 Å². The van der Waals surface area contributed by atoms with Crippen molar-refractivity contribution in [2.45, 2.75) is 25.0 Å². The van der Waals surface area contributed by atoms with Crippen LogP contribution in [0.25, 0.3) is 0 Å². The van der Waals surface area contributed by atoms with E-state index in [0.717, 1.165) is 24.9 Å². The van der Waals surface area contributed by atoms with Gasteiger partial charge in [-0.25, -0.2) is 9.59 Å². The molecular weight excluding hydrogens is 410 g/mol. The lowest BCUT2D eigenvalue weighted by atomic mass is 9.81. The van der Waals surface area contributed by atoms with Crippen LogP contribution in [0.2, 0.25) is 0 Å². The van der Waals surface area contributed by atoms with Crippen molar-refractivity contribution < 1.29 is 24.5 Å². The molecule has 1 aliphatic heterocycles. The van der Waals surface area contributed by atoms with Crippen LogP contribution in [-0.2, 0) is 26.5 Å². The number of carbonyl (C=O) groups is 2. The van der Waals surface area contributed by atoms with Gasteiger partial charge in [-0.3, -0.25) is 0 Å². The van der Waals surface area contributed by atoms with Gasteiger partial charge in [-0.2, -0.15) is 5.26 Å². The van der Waals surface area contributed by atoms with Crippen LogP contribution in [0.15, 0.2) is 42.5 Å². The standard InChI is InChI=1S/C22H27N3O.C2H2O4/c1-24(2)13-5-12-22(19-7-9-20(10-8-19)25(3)4)21-11-6-17(15-23)14-18(21)16-26-22;3-1(4)2(5)6/h6-11,14H,5,12-13,16H2,1-4H3;(H,3,4)(H,5,6). The van der Waals surface area contributed by atoms with E-state index in [2.05, 4.69) is 60.3 Å². The van der Waals surface area contributed by atoms with Gasteiger partial charge in [-0.15, -0.1) is 0 Å². The predicted molar refractivity (Wildman–Crippen MR) is 121 cm³/mol. The maximum atomic E-state index is 9.20. The van der Waals surface area contributed by atoms with E-state index in [1.54, 1.807) is 0 Å². The lowest BCUT2D eigenvalue weighted by Gasteiger charge is -2.31. The fourth-order valence-electron chi connectivity index (χ4n) is 3.72.